The van der Waals surface area contributed by atoms with Crippen molar-refractivity contribution >= 4 is 6.08 Å². The molecule has 92 valence electrons. The van der Waals surface area contributed by atoms with E-state index >= 15 is 0 Å². The molecule has 0 heterocycles. The Bertz CT molecular complexity index is 529. The molecule has 0 spiro atoms. The fraction of sp³-hybridized carbons (Fsp3) is 0.125. The molecule has 0 saturated carbocycles. The molecule has 0 aliphatic heterocycles. The van der Waals surface area contributed by atoms with Crippen LogP contribution in [0.1, 0.15) is 12.0 Å². The van der Waals surface area contributed by atoms with Gasteiger partial charge in [-0.25, -0.2) is 4.39 Å². The Labute approximate surface area is 107 Å². The molecule has 2 N–H and O–H groups in total. The standard InChI is InChI=1S/C16H16FN/c17-16-7-2-1-6-15(16)14-10-8-13(9-11-14)5-3-4-12-18/h1-3,5-11H,4,12,18H2/b5-3+. The predicted molar refractivity (Wildman–Crippen MR) is 74.5 cm³/mol. The van der Waals surface area contributed by atoms with E-state index in [1.807, 2.05) is 42.5 Å². The summed E-state index contributed by atoms with van der Waals surface area (Å²) in [5.41, 5.74) is 8.04. The largest absolute Gasteiger partial charge is 0.330 e. The molecule has 0 aromatic heterocycles. The molecule has 0 unspecified atom stereocenters. The molecule has 0 amide bonds. The summed E-state index contributed by atoms with van der Waals surface area (Å²) in [6.07, 6.45) is 4.94. The highest BCUT2D eigenvalue weighted by Crippen LogP contribution is 2.22. The fourth-order valence-corrected chi connectivity index (χ4v) is 1.78. The molecule has 0 atom stereocenters. The first-order valence-electron chi connectivity index (χ1n) is 6.03. The Morgan fingerprint density at radius 3 is 2.39 bits per heavy atom. The zero-order valence-corrected chi connectivity index (χ0v) is 10.1. The van der Waals surface area contributed by atoms with Gasteiger partial charge in [-0.15, -0.1) is 0 Å². The molecule has 2 aromatic carbocycles. The molecule has 2 aromatic rings. The molecule has 0 radical (unpaired) electrons. The van der Waals surface area contributed by atoms with Crippen LogP contribution >= 0.6 is 0 Å². The van der Waals surface area contributed by atoms with E-state index < -0.39 is 0 Å². The van der Waals surface area contributed by atoms with Crippen molar-refractivity contribution in [2.24, 2.45) is 5.73 Å². The molecule has 0 aliphatic rings. The molecule has 0 bridgehead atoms. The van der Waals surface area contributed by atoms with Crippen LogP contribution in [0.15, 0.2) is 54.6 Å². The van der Waals surface area contributed by atoms with E-state index in [0.29, 0.717) is 12.1 Å². The topological polar surface area (TPSA) is 26.0 Å². The van der Waals surface area contributed by atoms with E-state index in [-0.39, 0.29) is 5.82 Å². The Balaban J connectivity index is 2.20. The van der Waals surface area contributed by atoms with Gasteiger partial charge in [0.15, 0.2) is 0 Å². The highest BCUT2D eigenvalue weighted by atomic mass is 19.1. The Morgan fingerprint density at radius 2 is 1.72 bits per heavy atom. The number of rotatable bonds is 4. The smallest absolute Gasteiger partial charge is 0.131 e. The monoisotopic (exact) mass is 241 g/mol. The van der Waals surface area contributed by atoms with Gasteiger partial charge in [0.2, 0.25) is 0 Å². The highest BCUT2D eigenvalue weighted by molar-refractivity contribution is 5.66. The van der Waals surface area contributed by atoms with E-state index in [1.165, 1.54) is 6.07 Å². The van der Waals surface area contributed by atoms with Crippen molar-refractivity contribution in [3.05, 3.63) is 66.0 Å². The molecular weight excluding hydrogens is 225 g/mol. The maximum absolute atomic E-state index is 13.6. The second-order valence-corrected chi connectivity index (χ2v) is 4.08. The van der Waals surface area contributed by atoms with Crippen LogP contribution < -0.4 is 5.73 Å². The van der Waals surface area contributed by atoms with Gasteiger partial charge in [-0.05, 0) is 30.2 Å². The van der Waals surface area contributed by atoms with Crippen LogP contribution in [0.2, 0.25) is 0 Å². The first kappa shape index (κ1) is 12.5. The van der Waals surface area contributed by atoms with E-state index in [9.17, 15) is 4.39 Å². The summed E-state index contributed by atoms with van der Waals surface area (Å²) < 4.78 is 13.6. The third-order valence-corrected chi connectivity index (χ3v) is 2.74. The Hall–Kier alpha value is -1.93. The van der Waals surface area contributed by atoms with Gasteiger partial charge in [-0.2, -0.15) is 0 Å². The third kappa shape index (κ3) is 3.05. The first-order valence-corrected chi connectivity index (χ1v) is 6.03. The van der Waals surface area contributed by atoms with Crippen LogP contribution in [-0.2, 0) is 0 Å². The molecule has 18 heavy (non-hydrogen) atoms. The maximum Gasteiger partial charge on any atom is 0.131 e. The van der Waals surface area contributed by atoms with Gasteiger partial charge in [-0.3, -0.25) is 0 Å². The minimum atomic E-state index is -0.191. The SMILES string of the molecule is NCC/C=C/c1ccc(-c2ccccc2F)cc1. The summed E-state index contributed by atoms with van der Waals surface area (Å²) in [6, 6.07) is 14.6. The van der Waals surface area contributed by atoms with Crippen molar-refractivity contribution in [2.75, 3.05) is 6.54 Å². The van der Waals surface area contributed by atoms with Crippen LogP contribution in [0, 0.1) is 5.82 Å². The second kappa shape index (κ2) is 6.12. The summed E-state index contributed by atoms with van der Waals surface area (Å²) in [7, 11) is 0. The lowest BCUT2D eigenvalue weighted by molar-refractivity contribution is 0.631. The van der Waals surface area contributed by atoms with Gasteiger partial charge in [0, 0.05) is 5.56 Å². The normalized spacial score (nSPS) is 11.0. The average Bonchev–Trinajstić information content (AvgIpc) is 2.41. The van der Waals surface area contributed by atoms with Crippen LogP contribution in [0.4, 0.5) is 4.39 Å². The molecule has 0 saturated heterocycles. The van der Waals surface area contributed by atoms with E-state index in [0.717, 1.165) is 17.5 Å². The maximum atomic E-state index is 13.6. The van der Waals surface area contributed by atoms with E-state index in [4.69, 9.17) is 5.73 Å². The number of benzene rings is 2. The predicted octanol–water partition coefficient (Wildman–Crippen LogP) is 3.85. The van der Waals surface area contributed by atoms with Crippen molar-refractivity contribution < 1.29 is 4.39 Å². The zero-order chi connectivity index (χ0) is 12.8. The quantitative estimate of drug-likeness (QED) is 0.864. The lowest BCUT2D eigenvalue weighted by Crippen LogP contribution is -1.94. The minimum absolute atomic E-state index is 0.191. The van der Waals surface area contributed by atoms with E-state index in [1.54, 1.807) is 12.1 Å². The fourth-order valence-electron chi connectivity index (χ4n) is 1.78. The minimum Gasteiger partial charge on any atom is -0.330 e. The summed E-state index contributed by atoms with van der Waals surface area (Å²) in [5, 5.41) is 0. The number of hydrogen-bond donors (Lipinski definition) is 1. The lowest BCUT2D eigenvalue weighted by Gasteiger charge is -2.03. The van der Waals surface area contributed by atoms with Crippen molar-refractivity contribution in [1.29, 1.82) is 0 Å². The van der Waals surface area contributed by atoms with Crippen LogP contribution in [0.25, 0.3) is 17.2 Å². The third-order valence-electron chi connectivity index (χ3n) is 2.74. The average molecular weight is 241 g/mol. The summed E-state index contributed by atoms with van der Waals surface area (Å²) >= 11 is 0. The highest BCUT2D eigenvalue weighted by Gasteiger charge is 2.02. The number of halogens is 1. The van der Waals surface area contributed by atoms with Crippen molar-refractivity contribution in [3.63, 3.8) is 0 Å². The van der Waals surface area contributed by atoms with E-state index in [2.05, 4.69) is 0 Å². The van der Waals surface area contributed by atoms with Crippen LogP contribution in [-0.4, -0.2) is 6.54 Å². The molecule has 2 rings (SSSR count). The van der Waals surface area contributed by atoms with Crippen LogP contribution in [0.3, 0.4) is 0 Å². The van der Waals surface area contributed by atoms with Gasteiger partial charge in [0.05, 0.1) is 0 Å². The zero-order valence-electron chi connectivity index (χ0n) is 10.1. The Morgan fingerprint density at radius 1 is 1.00 bits per heavy atom. The first-order chi connectivity index (χ1) is 8.81. The summed E-state index contributed by atoms with van der Waals surface area (Å²) in [4.78, 5) is 0. The van der Waals surface area contributed by atoms with Gasteiger partial charge < -0.3 is 5.73 Å². The van der Waals surface area contributed by atoms with Crippen molar-refractivity contribution in [2.45, 2.75) is 6.42 Å². The molecule has 0 aliphatic carbocycles. The Kier molecular flexibility index (Phi) is 4.26. The van der Waals surface area contributed by atoms with Crippen molar-refractivity contribution in [1.82, 2.24) is 0 Å². The van der Waals surface area contributed by atoms with Gasteiger partial charge >= 0.3 is 0 Å². The second-order valence-electron chi connectivity index (χ2n) is 4.08. The lowest BCUT2D eigenvalue weighted by atomic mass is 10.0. The van der Waals surface area contributed by atoms with Gasteiger partial charge in [0.25, 0.3) is 0 Å². The molecular formula is C16H16FN. The van der Waals surface area contributed by atoms with Crippen LogP contribution in [0.5, 0.6) is 0 Å². The number of nitrogens with two attached hydrogens (primary N) is 1. The summed E-state index contributed by atoms with van der Waals surface area (Å²) in [6.45, 7) is 0.657. The van der Waals surface area contributed by atoms with Crippen molar-refractivity contribution in [3.8, 4) is 11.1 Å². The molecule has 2 heteroatoms. The molecule has 0 fully saturated rings. The number of hydrogen-bond acceptors (Lipinski definition) is 1. The summed E-state index contributed by atoms with van der Waals surface area (Å²) in [5.74, 6) is -0.191. The molecule has 1 nitrogen and oxygen atoms in total. The van der Waals surface area contributed by atoms with Gasteiger partial charge in [-0.1, -0.05) is 54.6 Å². The van der Waals surface area contributed by atoms with Gasteiger partial charge in [0.1, 0.15) is 5.82 Å².